The SMILES string of the molecule is CC(C)[C@@H](O)CC(=O)N[C@@H](COC(F)F)c1cccc(OC(F)(F)F)c1. The van der Waals surface area contributed by atoms with Gasteiger partial charge in [-0.15, -0.1) is 13.2 Å². The fourth-order valence-electron chi connectivity index (χ4n) is 2.00. The Morgan fingerprint density at radius 2 is 1.92 bits per heavy atom. The van der Waals surface area contributed by atoms with E-state index in [0.29, 0.717) is 0 Å². The topological polar surface area (TPSA) is 67.8 Å². The number of benzene rings is 1. The fourth-order valence-corrected chi connectivity index (χ4v) is 2.00. The number of alkyl halides is 5. The molecule has 0 aromatic heterocycles. The van der Waals surface area contributed by atoms with Crippen molar-refractivity contribution in [3.8, 4) is 5.75 Å². The number of hydrogen-bond donors (Lipinski definition) is 2. The summed E-state index contributed by atoms with van der Waals surface area (Å²) in [4.78, 5) is 12.0. The molecule has 0 spiro atoms. The zero-order chi connectivity index (χ0) is 19.9. The summed E-state index contributed by atoms with van der Waals surface area (Å²) >= 11 is 0. The van der Waals surface area contributed by atoms with Crippen LogP contribution in [0.2, 0.25) is 0 Å². The molecule has 0 aliphatic carbocycles. The molecular weight excluding hydrogens is 365 g/mol. The van der Waals surface area contributed by atoms with Crippen molar-refractivity contribution < 1.29 is 41.3 Å². The Kier molecular flexibility index (Phi) is 8.22. The molecule has 0 aliphatic heterocycles. The van der Waals surface area contributed by atoms with Gasteiger partial charge in [-0.3, -0.25) is 4.79 Å². The molecule has 148 valence electrons. The number of carbonyl (C=O) groups excluding carboxylic acids is 1. The van der Waals surface area contributed by atoms with E-state index < -0.39 is 43.4 Å². The van der Waals surface area contributed by atoms with Gasteiger partial charge in [0.25, 0.3) is 0 Å². The van der Waals surface area contributed by atoms with Gasteiger partial charge in [0.1, 0.15) is 5.75 Å². The number of carbonyl (C=O) groups is 1. The fraction of sp³-hybridized carbons (Fsp3) is 0.562. The summed E-state index contributed by atoms with van der Waals surface area (Å²) in [6.07, 6.45) is -6.16. The molecule has 1 rings (SSSR count). The molecule has 0 fully saturated rings. The Morgan fingerprint density at radius 3 is 2.46 bits per heavy atom. The third-order valence-corrected chi connectivity index (χ3v) is 3.38. The van der Waals surface area contributed by atoms with Crippen LogP contribution in [-0.2, 0) is 9.53 Å². The van der Waals surface area contributed by atoms with Gasteiger partial charge >= 0.3 is 13.0 Å². The summed E-state index contributed by atoms with van der Waals surface area (Å²) in [5, 5.41) is 12.1. The van der Waals surface area contributed by atoms with E-state index in [1.807, 2.05) is 0 Å². The van der Waals surface area contributed by atoms with Crippen LogP contribution < -0.4 is 10.1 Å². The lowest BCUT2D eigenvalue weighted by atomic mass is 10.0. The molecule has 0 aliphatic rings. The number of nitrogens with one attached hydrogen (secondary N) is 1. The van der Waals surface area contributed by atoms with Gasteiger partial charge in [-0.05, 0) is 23.6 Å². The van der Waals surface area contributed by atoms with Crippen molar-refractivity contribution in [1.82, 2.24) is 5.32 Å². The molecule has 26 heavy (non-hydrogen) atoms. The molecule has 0 unspecified atom stereocenters. The van der Waals surface area contributed by atoms with Crippen LogP contribution in [0.15, 0.2) is 24.3 Å². The number of rotatable bonds is 9. The van der Waals surface area contributed by atoms with E-state index in [1.165, 1.54) is 12.1 Å². The second-order valence-corrected chi connectivity index (χ2v) is 5.85. The first kappa shape index (κ1) is 22.1. The molecule has 1 aromatic rings. The molecule has 1 aromatic carbocycles. The van der Waals surface area contributed by atoms with Crippen molar-refractivity contribution in [3.63, 3.8) is 0 Å². The molecule has 0 saturated heterocycles. The van der Waals surface area contributed by atoms with Gasteiger partial charge in [-0.25, -0.2) is 0 Å². The summed E-state index contributed by atoms with van der Waals surface area (Å²) in [6.45, 7) is -0.415. The Bertz CT molecular complexity index is 580. The first-order valence-electron chi connectivity index (χ1n) is 7.71. The standard InChI is InChI=1S/C16H20F5NO4/c1-9(2)13(23)7-14(24)22-12(8-25-15(17)18)10-4-3-5-11(6-10)26-16(19,20)21/h3-6,9,12-13,15,23H,7-8H2,1-2H3,(H,22,24)/t12-,13-/m0/s1. The smallest absolute Gasteiger partial charge is 0.406 e. The minimum absolute atomic E-state index is 0.0831. The van der Waals surface area contributed by atoms with Crippen molar-refractivity contribution in [2.75, 3.05) is 6.61 Å². The third kappa shape index (κ3) is 8.43. The highest BCUT2D eigenvalue weighted by atomic mass is 19.4. The normalized spacial score (nSPS) is 14.4. The first-order chi connectivity index (χ1) is 12.0. The highest BCUT2D eigenvalue weighted by Crippen LogP contribution is 2.26. The number of aliphatic hydroxyl groups is 1. The van der Waals surface area contributed by atoms with E-state index in [2.05, 4.69) is 14.8 Å². The van der Waals surface area contributed by atoms with Crippen LogP contribution in [0.5, 0.6) is 5.75 Å². The van der Waals surface area contributed by atoms with Gasteiger partial charge in [0, 0.05) is 0 Å². The van der Waals surface area contributed by atoms with Gasteiger partial charge in [0.15, 0.2) is 0 Å². The number of aliphatic hydroxyl groups excluding tert-OH is 1. The second kappa shape index (κ2) is 9.67. The van der Waals surface area contributed by atoms with Crippen LogP contribution in [0.4, 0.5) is 22.0 Å². The predicted molar refractivity (Wildman–Crippen MR) is 81.4 cm³/mol. The quantitative estimate of drug-likeness (QED) is 0.640. The molecule has 2 N–H and O–H groups in total. The van der Waals surface area contributed by atoms with Crippen LogP contribution in [0, 0.1) is 5.92 Å². The minimum atomic E-state index is -4.92. The van der Waals surface area contributed by atoms with Crippen molar-refractivity contribution in [3.05, 3.63) is 29.8 Å². The van der Waals surface area contributed by atoms with Gasteiger partial charge in [-0.1, -0.05) is 26.0 Å². The average molecular weight is 385 g/mol. The van der Waals surface area contributed by atoms with Crippen LogP contribution in [0.1, 0.15) is 31.9 Å². The van der Waals surface area contributed by atoms with Gasteiger partial charge in [0.2, 0.25) is 5.91 Å². The molecule has 1 amide bonds. The van der Waals surface area contributed by atoms with Crippen LogP contribution in [0.25, 0.3) is 0 Å². The Balaban J connectivity index is 2.92. The van der Waals surface area contributed by atoms with E-state index in [0.717, 1.165) is 12.1 Å². The third-order valence-electron chi connectivity index (χ3n) is 3.38. The summed E-state index contributed by atoms with van der Waals surface area (Å²) < 4.78 is 69.5. The lowest BCUT2D eigenvalue weighted by Crippen LogP contribution is -2.35. The van der Waals surface area contributed by atoms with Crippen molar-refractivity contribution in [2.24, 2.45) is 5.92 Å². The van der Waals surface area contributed by atoms with Crippen molar-refractivity contribution in [2.45, 2.75) is 45.4 Å². The lowest BCUT2D eigenvalue weighted by Gasteiger charge is -2.21. The average Bonchev–Trinajstić information content (AvgIpc) is 2.49. The molecule has 2 atom stereocenters. The van der Waals surface area contributed by atoms with E-state index in [9.17, 15) is 31.9 Å². The molecule has 5 nitrogen and oxygen atoms in total. The maximum absolute atomic E-state index is 12.3. The van der Waals surface area contributed by atoms with E-state index >= 15 is 0 Å². The van der Waals surface area contributed by atoms with Crippen molar-refractivity contribution >= 4 is 5.91 Å². The zero-order valence-corrected chi connectivity index (χ0v) is 14.1. The lowest BCUT2D eigenvalue weighted by molar-refractivity contribution is -0.274. The minimum Gasteiger partial charge on any atom is -0.406 e. The molecule has 0 radical (unpaired) electrons. The molecule has 10 heteroatoms. The Hall–Kier alpha value is -1.94. The second-order valence-electron chi connectivity index (χ2n) is 5.85. The summed E-state index contributed by atoms with van der Waals surface area (Å²) in [7, 11) is 0. The maximum atomic E-state index is 12.3. The Labute approximate surface area is 147 Å². The zero-order valence-electron chi connectivity index (χ0n) is 14.1. The number of hydrogen-bond acceptors (Lipinski definition) is 4. The molecular formula is C16H20F5NO4. The summed E-state index contributed by atoms with van der Waals surface area (Å²) in [5.74, 6) is -1.43. The summed E-state index contributed by atoms with van der Waals surface area (Å²) in [5.41, 5.74) is 0.0831. The van der Waals surface area contributed by atoms with Crippen molar-refractivity contribution in [1.29, 1.82) is 0 Å². The van der Waals surface area contributed by atoms with Gasteiger partial charge in [0.05, 0.1) is 25.2 Å². The van der Waals surface area contributed by atoms with E-state index in [4.69, 9.17) is 0 Å². The number of halogens is 5. The predicted octanol–water partition coefficient (Wildman–Crippen LogP) is 3.39. The number of ether oxygens (including phenoxy) is 2. The highest BCUT2D eigenvalue weighted by molar-refractivity contribution is 5.77. The molecule has 0 saturated carbocycles. The monoisotopic (exact) mass is 385 g/mol. The van der Waals surface area contributed by atoms with E-state index in [-0.39, 0.29) is 17.9 Å². The largest absolute Gasteiger partial charge is 0.573 e. The number of amides is 1. The maximum Gasteiger partial charge on any atom is 0.573 e. The van der Waals surface area contributed by atoms with Crippen LogP contribution >= 0.6 is 0 Å². The first-order valence-corrected chi connectivity index (χ1v) is 7.71. The Morgan fingerprint density at radius 1 is 1.27 bits per heavy atom. The van der Waals surface area contributed by atoms with Gasteiger partial charge < -0.3 is 19.9 Å². The molecule has 0 heterocycles. The summed E-state index contributed by atoms with van der Waals surface area (Å²) in [6, 6.07) is 3.41. The van der Waals surface area contributed by atoms with E-state index in [1.54, 1.807) is 13.8 Å². The molecule has 0 bridgehead atoms. The van der Waals surface area contributed by atoms with Crippen LogP contribution in [-0.4, -0.2) is 36.7 Å². The van der Waals surface area contributed by atoms with Gasteiger partial charge in [-0.2, -0.15) is 8.78 Å². The highest BCUT2D eigenvalue weighted by Gasteiger charge is 2.31. The van der Waals surface area contributed by atoms with Crippen LogP contribution in [0.3, 0.4) is 0 Å².